The molecular weight excluding hydrogens is 397 g/mol. The molecule has 0 radical (unpaired) electrons. The Balaban J connectivity index is 2.43. The minimum absolute atomic E-state index is 0.0406. The topological polar surface area (TPSA) is 26.0 Å². The Hall–Kier alpha value is 0.0900. The maximum atomic E-state index is 6.31. The Kier molecular flexibility index (Phi) is 4.05. The third kappa shape index (κ3) is 2.50. The number of rotatable bonds is 2. The zero-order valence-corrected chi connectivity index (χ0v) is 13.3. The lowest BCUT2D eigenvalue weighted by molar-refractivity contribution is 0.882. The quantitative estimate of drug-likeness (QED) is 0.730. The van der Waals surface area contributed by atoms with Gasteiger partial charge in [-0.25, -0.2) is 0 Å². The largest absolute Gasteiger partial charge is 0.320 e. The van der Waals surface area contributed by atoms with Crippen LogP contribution in [0, 0.1) is 10.5 Å². The molecule has 0 saturated carbocycles. The molecular formula is C12H11BrINS. The summed E-state index contributed by atoms with van der Waals surface area (Å²) in [5.41, 5.74) is 7.49. The molecule has 1 nitrogen and oxygen atoms in total. The van der Waals surface area contributed by atoms with Crippen LogP contribution in [0.2, 0.25) is 0 Å². The second-order valence-electron chi connectivity index (χ2n) is 3.57. The van der Waals surface area contributed by atoms with Gasteiger partial charge in [-0.05, 0) is 63.1 Å². The van der Waals surface area contributed by atoms with E-state index in [0.717, 1.165) is 4.47 Å². The van der Waals surface area contributed by atoms with Gasteiger partial charge in [0.2, 0.25) is 0 Å². The number of benzene rings is 1. The molecule has 0 aliphatic heterocycles. The third-order valence-electron chi connectivity index (χ3n) is 2.36. The van der Waals surface area contributed by atoms with Crippen LogP contribution in [0.3, 0.4) is 0 Å². The van der Waals surface area contributed by atoms with E-state index in [1.165, 1.54) is 18.9 Å². The second-order valence-corrected chi connectivity index (χ2v) is 6.87. The Bertz CT molecular complexity index is 509. The summed E-state index contributed by atoms with van der Waals surface area (Å²) in [6.45, 7) is 2.10. The van der Waals surface area contributed by atoms with Gasteiger partial charge in [0.1, 0.15) is 0 Å². The molecule has 4 heteroatoms. The lowest BCUT2D eigenvalue weighted by Gasteiger charge is -2.12. The predicted octanol–water partition coefficient (Wildman–Crippen LogP) is 4.47. The number of nitrogens with two attached hydrogens (primary N) is 1. The van der Waals surface area contributed by atoms with Gasteiger partial charge >= 0.3 is 0 Å². The molecule has 16 heavy (non-hydrogen) atoms. The van der Waals surface area contributed by atoms with Crippen LogP contribution in [-0.4, -0.2) is 0 Å². The van der Waals surface area contributed by atoms with Gasteiger partial charge in [0.15, 0.2) is 0 Å². The SMILES string of the molecule is Cc1cc(Br)c(C(N)c2ccccc2I)s1. The van der Waals surface area contributed by atoms with Crippen molar-refractivity contribution in [2.45, 2.75) is 13.0 Å². The minimum Gasteiger partial charge on any atom is -0.320 e. The van der Waals surface area contributed by atoms with Crippen molar-refractivity contribution in [2.75, 3.05) is 0 Å². The van der Waals surface area contributed by atoms with E-state index in [1.54, 1.807) is 11.3 Å². The van der Waals surface area contributed by atoms with E-state index >= 15 is 0 Å². The number of halogens is 2. The minimum atomic E-state index is -0.0406. The van der Waals surface area contributed by atoms with Gasteiger partial charge in [-0.3, -0.25) is 0 Å². The maximum absolute atomic E-state index is 6.31. The summed E-state index contributed by atoms with van der Waals surface area (Å²) in [7, 11) is 0. The standard InChI is InChI=1S/C12H11BrINS/c1-7-6-9(13)12(16-7)11(15)8-4-2-3-5-10(8)14/h2-6,11H,15H2,1H3. The average molecular weight is 408 g/mol. The highest BCUT2D eigenvalue weighted by atomic mass is 127. The van der Waals surface area contributed by atoms with Gasteiger partial charge < -0.3 is 5.73 Å². The van der Waals surface area contributed by atoms with E-state index in [2.05, 4.69) is 63.6 Å². The van der Waals surface area contributed by atoms with Gasteiger partial charge in [0.05, 0.1) is 6.04 Å². The summed E-state index contributed by atoms with van der Waals surface area (Å²) in [5, 5.41) is 0. The molecule has 84 valence electrons. The summed E-state index contributed by atoms with van der Waals surface area (Å²) in [6, 6.07) is 10.3. The van der Waals surface area contributed by atoms with Crippen LogP contribution in [0.15, 0.2) is 34.8 Å². The normalized spacial score (nSPS) is 12.8. The van der Waals surface area contributed by atoms with Crippen molar-refractivity contribution in [3.63, 3.8) is 0 Å². The first-order valence-corrected chi connectivity index (χ1v) is 7.54. The van der Waals surface area contributed by atoms with Crippen LogP contribution < -0.4 is 5.73 Å². The number of hydrogen-bond acceptors (Lipinski definition) is 2. The van der Waals surface area contributed by atoms with E-state index in [1.807, 2.05) is 12.1 Å². The Morgan fingerprint density at radius 1 is 1.38 bits per heavy atom. The van der Waals surface area contributed by atoms with Gasteiger partial charge in [-0.2, -0.15) is 0 Å². The van der Waals surface area contributed by atoms with Crippen molar-refractivity contribution >= 4 is 49.9 Å². The highest BCUT2D eigenvalue weighted by Crippen LogP contribution is 2.35. The summed E-state index contributed by atoms with van der Waals surface area (Å²) in [5.74, 6) is 0. The Labute approximate surface area is 121 Å². The van der Waals surface area contributed by atoms with Crippen molar-refractivity contribution in [1.29, 1.82) is 0 Å². The highest BCUT2D eigenvalue weighted by molar-refractivity contribution is 14.1. The molecule has 1 aromatic heterocycles. The van der Waals surface area contributed by atoms with E-state index in [-0.39, 0.29) is 6.04 Å². The first kappa shape index (κ1) is 12.5. The summed E-state index contributed by atoms with van der Waals surface area (Å²) in [4.78, 5) is 2.48. The van der Waals surface area contributed by atoms with E-state index in [4.69, 9.17) is 5.73 Å². The molecule has 0 aliphatic rings. The van der Waals surface area contributed by atoms with Crippen molar-refractivity contribution in [3.8, 4) is 0 Å². The fraction of sp³-hybridized carbons (Fsp3) is 0.167. The molecule has 0 bridgehead atoms. The van der Waals surface area contributed by atoms with Crippen LogP contribution in [-0.2, 0) is 0 Å². The molecule has 0 aliphatic carbocycles. The van der Waals surface area contributed by atoms with Gasteiger partial charge in [-0.15, -0.1) is 11.3 Å². The molecule has 1 unspecified atom stereocenters. The molecule has 2 rings (SSSR count). The molecule has 2 aromatic rings. The average Bonchev–Trinajstić information content (AvgIpc) is 2.58. The summed E-state index contributed by atoms with van der Waals surface area (Å²) < 4.78 is 2.33. The van der Waals surface area contributed by atoms with Gasteiger partial charge in [-0.1, -0.05) is 18.2 Å². The molecule has 1 aromatic carbocycles. The molecule has 0 saturated heterocycles. The molecule has 2 N–H and O–H groups in total. The fourth-order valence-corrected chi connectivity index (χ4v) is 4.22. The molecule has 0 spiro atoms. The Morgan fingerprint density at radius 2 is 2.06 bits per heavy atom. The van der Waals surface area contributed by atoms with Crippen molar-refractivity contribution in [1.82, 2.24) is 0 Å². The fourth-order valence-electron chi connectivity index (χ4n) is 1.58. The third-order valence-corrected chi connectivity index (χ3v) is 5.39. The smallest absolute Gasteiger partial charge is 0.0667 e. The number of thiophene rings is 1. The molecule has 1 atom stereocenters. The zero-order valence-electron chi connectivity index (χ0n) is 8.71. The molecule has 0 amide bonds. The van der Waals surface area contributed by atoms with E-state index in [9.17, 15) is 0 Å². The molecule has 0 fully saturated rings. The lowest BCUT2D eigenvalue weighted by atomic mass is 10.1. The lowest BCUT2D eigenvalue weighted by Crippen LogP contribution is -2.12. The maximum Gasteiger partial charge on any atom is 0.0667 e. The van der Waals surface area contributed by atoms with Gasteiger partial charge in [0.25, 0.3) is 0 Å². The van der Waals surface area contributed by atoms with Crippen LogP contribution in [0.25, 0.3) is 0 Å². The van der Waals surface area contributed by atoms with Crippen molar-refractivity contribution in [3.05, 3.63) is 53.7 Å². The van der Waals surface area contributed by atoms with Crippen molar-refractivity contribution in [2.24, 2.45) is 5.73 Å². The van der Waals surface area contributed by atoms with Crippen LogP contribution in [0.5, 0.6) is 0 Å². The first-order valence-electron chi connectivity index (χ1n) is 4.85. The summed E-state index contributed by atoms with van der Waals surface area (Å²) in [6.07, 6.45) is 0. The predicted molar refractivity (Wildman–Crippen MR) is 81.9 cm³/mol. The highest BCUT2D eigenvalue weighted by Gasteiger charge is 2.16. The van der Waals surface area contributed by atoms with Gasteiger partial charge in [0, 0.05) is 17.8 Å². The summed E-state index contributed by atoms with van der Waals surface area (Å²) >= 11 is 7.65. The van der Waals surface area contributed by atoms with Crippen LogP contribution in [0.4, 0.5) is 0 Å². The van der Waals surface area contributed by atoms with Crippen LogP contribution >= 0.6 is 49.9 Å². The van der Waals surface area contributed by atoms with Crippen molar-refractivity contribution < 1.29 is 0 Å². The van der Waals surface area contributed by atoms with E-state index in [0.29, 0.717) is 0 Å². The van der Waals surface area contributed by atoms with E-state index < -0.39 is 0 Å². The Morgan fingerprint density at radius 3 is 2.62 bits per heavy atom. The molecule has 1 heterocycles. The number of hydrogen-bond donors (Lipinski definition) is 1. The zero-order chi connectivity index (χ0) is 11.7. The monoisotopic (exact) mass is 407 g/mol. The van der Waals surface area contributed by atoms with Crippen LogP contribution in [0.1, 0.15) is 21.4 Å². The first-order chi connectivity index (χ1) is 7.59. The second kappa shape index (κ2) is 5.16. The number of aryl methyl sites for hydroxylation is 1.